The molecule has 1 unspecified atom stereocenters. The summed E-state index contributed by atoms with van der Waals surface area (Å²) < 4.78 is 40.5. The van der Waals surface area contributed by atoms with Crippen LogP contribution in [0.1, 0.15) is 28.1 Å². The Bertz CT molecular complexity index is 1340. The van der Waals surface area contributed by atoms with Crippen LogP contribution in [0.5, 0.6) is 0 Å². The molecule has 0 aliphatic carbocycles. The molecule has 0 saturated carbocycles. The van der Waals surface area contributed by atoms with E-state index in [-0.39, 0.29) is 11.4 Å². The molecule has 1 aromatic carbocycles. The highest BCUT2D eigenvalue weighted by molar-refractivity contribution is 6.01. The summed E-state index contributed by atoms with van der Waals surface area (Å²) in [5.41, 5.74) is 7.38. The molecule has 5 rings (SSSR count). The molecule has 158 valence electrons. The number of nitrogens with zero attached hydrogens (tertiary/aromatic N) is 5. The second kappa shape index (κ2) is 7.23. The van der Waals surface area contributed by atoms with Crippen LogP contribution in [0.25, 0.3) is 11.1 Å². The van der Waals surface area contributed by atoms with Gasteiger partial charge in [-0.3, -0.25) is 9.97 Å². The van der Waals surface area contributed by atoms with Crippen LogP contribution in [-0.2, 0) is 11.7 Å². The van der Waals surface area contributed by atoms with Crippen LogP contribution in [0.4, 0.5) is 13.2 Å². The highest BCUT2D eigenvalue weighted by Gasteiger charge is 2.45. The maximum absolute atomic E-state index is 13.5. The Morgan fingerprint density at radius 2 is 1.59 bits per heavy atom. The molecule has 3 aromatic heterocycles. The van der Waals surface area contributed by atoms with Crippen molar-refractivity contribution in [3.63, 3.8) is 0 Å². The minimum absolute atomic E-state index is 0.152. The van der Waals surface area contributed by atoms with E-state index in [1.165, 1.54) is 12.4 Å². The zero-order valence-corrected chi connectivity index (χ0v) is 16.5. The zero-order chi connectivity index (χ0) is 22.3. The molecule has 1 aliphatic rings. The van der Waals surface area contributed by atoms with Crippen LogP contribution in [0, 0.1) is 0 Å². The maximum atomic E-state index is 13.5. The van der Waals surface area contributed by atoms with Gasteiger partial charge in [-0.2, -0.15) is 13.2 Å². The molecule has 0 spiro atoms. The van der Waals surface area contributed by atoms with Crippen LogP contribution < -0.4 is 5.73 Å². The summed E-state index contributed by atoms with van der Waals surface area (Å²) in [6.07, 6.45) is 2.85. The third-order valence-electron chi connectivity index (χ3n) is 5.37. The van der Waals surface area contributed by atoms with E-state index < -0.39 is 17.4 Å². The van der Waals surface area contributed by atoms with Crippen LogP contribution in [0.2, 0.25) is 0 Å². The van der Waals surface area contributed by atoms with E-state index in [9.17, 15) is 13.2 Å². The van der Waals surface area contributed by atoms with Gasteiger partial charge in [0.15, 0.2) is 0 Å². The van der Waals surface area contributed by atoms with Gasteiger partial charge in [-0.15, -0.1) is 0 Å². The Labute approximate surface area is 180 Å². The number of aromatic nitrogens is 4. The molecule has 0 radical (unpaired) electrons. The lowest BCUT2D eigenvalue weighted by Crippen LogP contribution is -2.26. The van der Waals surface area contributed by atoms with Crippen LogP contribution in [-0.4, -0.2) is 25.8 Å². The van der Waals surface area contributed by atoms with Gasteiger partial charge in [-0.25, -0.2) is 15.0 Å². The number of pyridine rings is 2. The van der Waals surface area contributed by atoms with Gasteiger partial charge in [0.25, 0.3) is 0 Å². The van der Waals surface area contributed by atoms with E-state index in [1.807, 2.05) is 18.2 Å². The smallest absolute Gasteiger partial charge is 0.382 e. The van der Waals surface area contributed by atoms with Gasteiger partial charge >= 0.3 is 6.18 Å². The van der Waals surface area contributed by atoms with Crippen molar-refractivity contribution in [3.8, 4) is 11.1 Å². The SMILES string of the molecule is NC1=NC(c2cccc(-c3cncnc3)c2)(c2ccnc(C(F)(F)F)c2)c2cccnc21. The average molecular weight is 432 g/mol. The Hall–Kier alpha value is -4.14. The third kappa shape index (κ3) is 3.09. The van der Waals surface area contributed by atoms with Crippen molar-refractivity contribution < 1.29 is 13.2 Å². The predicted molar refractivity (Wildman–Crippen MR) is 112 cm³/mol. The van der Waals surface area contributed by atoms with Gasteiger partial charge in [0, 0.05) is 35.9 Å². The topological polar surface area (TPSA) is 89.9 Å². The standard InChI is InChI=1S/C23H15F3N6/c24-23(25,26)19-10-17(6-8-30-19)22(18-5-2-7-31-20(18)21(27)32-22)16-4-1-3-14(9-16)15-11-28-13-29-12-15/h1-13H,(H2,27,32). The third-order valence-corrected chi connectivity index (χ3v) is 5.37. The minimum atomic E-state index is -4.61. The fraction of sp³-hybridized carbons (Fsp3) is 0.0870. The first-order valence-electron chi connectivity index (χ1n) is 9.60. The molecule has 4 aromatic rings. The highest BCUT2D eigenvalue weighted by Crippen LogP contribution is 2.46. The Morgan fingerprint density at radius 3 is 2.38 bits per heavy atom. The van der Waals surface area contributed by atoms with Crippen molar-refractivity contribution in [1.29, 1.82) is 0 Å². The number of amidine groups is 1. The van der Waals surface area contributed by atoms with Crippen molar-refractivity contribution in [2.24, 2.45) is 10.7 Å². The Balaban J connectivity index is 1.80. The molecule has 6 nitrogen and oxygen atoms in total. The number of fused-ring (bicyclic) bond motifs is 1. The molecule has 4 heterocycles. The number of benzene rings is 1. The van der Waals surface area contributed by atoms with E-state index in [0.29, 0.717) is 16.8 Å². The normalized spacial score (nSPS) is 17.7. The fourth-order valence-corrected chi connectivity index (χ4v) is 3.98. The maximum Gasteiger partial charge on any atom is 0.433 e. The van der Waals surface area contributed by atoms with E-state index in [0.717, 1.165) is 23.4 Å². The molecule has 0 fully saturated rings. The average Bonchev–Trinajstić information content (AvgIpc) is 3.13. The van der Waals surface area contributed by atoms with Gasteiger partial charge in [0.1, 0.15) is 29.1 Å². The van der Waals surface area contributed by atoms with E-state index in [4.69, 9.17) is 10.7 Å². The number of halogens is 3. The quantitative estimate of drug-likeness (QED) is 0.529. The van der Waals surface area contributed by atoms with Crippen molar-refractivity contribution in [2.75, 3.05) is 0 Å². The molecular weight excluding hydrogens is 417 g/mol. The molecule has 32 heavy (non-hydrogen) atoms. The number of alkyl halides is 3. The van der Waals surface area contributed by atoms with Crippen LogP contribution in [0.15, 0.2) is 84.6 Å². The summed E-state index contributed by atoms with van der Waals surface area (Å²) in [6.45, 7) is 0. The first-order chi connectivity index (χ1) is 15.4. The van der Waals surface area contributed by atoms with Gasteiger partial charge in [-0.05, 0) is 41.0 Å². The first kappa shape index (κ1) is 19.8. The number of aliphatic imine (C=N–C) groups is 1. The second-order valence-corrected chi connectivity index (χ2v) is 7.24. The largest absolute Gasteiger partial charge is 0.433 e. The highest BCUT2D eigenvalue weighted by atomic mass is 19.4. The summed E-state index contributed by atoms with van der Waals surface area (Å²) in [5, 5.41) is 0. The fourth-order valence-electron chi connectivity index (χ4n) is 3.98. The van der Waals surface area contributed by atoms with E-state index in [1.54, 1.807) is 36.8 Å². The summed E-state index contributed by atoms with van der Waals surface area (Å²) in [6, 6.07) is 13.4. The Kier molecular flexibility index (Phi) is 4.47. The summed E-state index contributed by atoms with van der Waals surface area (Å²) >= 11 is 0. The molecule has 0 amide bonds. The van der Waals surface area contributed by atoms with E-state index >= 15 is 0 Å². The summed E-state index contributed by atoms with van der Waals surface area (Å²) in [5.74, 6) is 0.152. The van der Waals surface area contributed by atoms with Gasteiger partial charge in [0.2, 0.25) is 0 Å². The lowest BCUT2D eigenvalue weighted by molar-refractivity contribution is -0.141. The summed E-state index contributed by atoms with van der Waals surface area (Å²) in [4.78, 5) is 20.6. The molecular formula is C23H15F3N6. The Morgan fingerprint density at radius 1 is 0.812 bits per heavy atom. The van der Waals surface area contributed by atoms with Gasteiger partial charge in [-0.1, -0.05) is 24.3 Å². The monoisotopic (exact) mass is 432 g/mol. The summed E-state index contributed by atoms with van der Waals surface area (Å²) in [7, 11) is 0. The van der Waals surface area contributed by atoms with Crippen LogP contribution in [0.3, 0.4) is 0 Å². The second-order valence-electron chi connectivity index (χ2n) is 7.24. The first-order valence-corrected chi connectivity index (χ1v) is 9.60. The predicted octanol–water partition coefficient (Wildman–Crippen LogP) is 3.96. The number of rotatable bonds is 3. The van der Waals surface area contributed by atoms with Gasteiger partial charge < -0.3 is 5.73 Å². The molecule has 1 atom stereocenters. The van der Waals surface area contributed by atoms with Crippen molar-refractivity contribution in [2.45, 2.75) is 11.7 Å². The lowest BCUT2D eigenvalue weighted by Gasteiger charge is -2.29. The molecule has 2 N–H and O–H groups in total. The lowest BCUT2D eigenvalue weighted by atomic mass is 9.78. The van der Waals surface area contributed by atoms with Crippen molar-refractivity contribution in [1.82, 2.24) is 19.9 Å². The van der Waals surface area contributed by atoms with Crippen LogP contribution >= 0.6 is 0 Å². The number of hydrogen-bond donors (Lipinski definition) is 1. The van der Waals surface area contributed by atoms with E-state index in [2.05, 4.69) is 19.9 Å². The van der Waals surface area contributed by atoms with Gasteiger partial charge in [0.05, 0.1) is 0 Å². The molecule has 1 aliphatic heterocycles. The minimum Gasteiger partial charge on any atom is -0.382 e. The van der Waals surface area contributed by atoms with Crippen molar-refractivity contribution >= 4 is 5.84 Å². The zero-order valence-electron chi connectivity index (χ0n) is 16.5. The molecule has 0 bridgehead atoms. The number of hydrogen-bond acceptors (Lipinski definition) is 6. The molecule has 0 saturated heterocycles. The van der Waals surface area contributed by atoms with Crippen molar-refractivity contribution in [3.05, 3.63) is 108 Å². The molecule has 9 heteroatoms. The number of nitrogens with two attached hydrogens (primary N) is 1.